The molecule has 1 aliphatic heterocycles. The van der Waals surface area contributed by atoms with E-state index in [4.69, 9.17) is 10.7 Å². The standard InChI is InChI=1S/C26H53N5/c1-2-3-4-5-6-7-8-9-10-11-12-13-14-15-16-17-26-30-23-25-31(26)24-22-29-21-20-28-19-18-27/h9-10,28-29H,2-8,11-25,27H2,1H3/b10-9+. The highest BCUT2D eigenvalue weighted by atomic mass is 15.2. The van der Waals surface area contributed by atoms with Crippen LogP contribution in [-0.4, -0.2) is 63.1 Å². The Labute approximate surface area is 193 Å². The molecule has 1 aliphatic rings. The van der Waals surface area contributed by atoms with Gasteiger partial charge in [-0.05, 0) is 32.1 Å². The zero-order chi connectivity index (χ0) is 22.2. The Bertz CT molecular complexity index is 436. The van der Waals surface area contributed by atoms with Gasteiger partial charge in [-0.3, -0.25) is 4.99 Å². The van der Waals surface area contributed by atoms with Crippen LogP contribution in [0.2, 0.25) is 0 Å². The summed E-state index contributed by atoms with van der Waals surface area (Å²) in [5.41, 5.74) is 5.48. The van der Waals surface area contributed by atoms with Gasteiger partial charge in [0.15, 0.2) is 0 Å². The molecule has 0 aromatic heterocycles. The van der Waals surface area contributed by atoms with Crippen molar-refractivity contribution in [1.29, 1.82) is 0 Å². The van der Waals surface area contributed by atoms with Crippen LogP contribution >= 0.6 is 0 Å². The second kappa shape index (κ2) is 22.3. The van der Waals surface area contributed by atoms with Gasteiger partial charge in [0.2, 0.25) is 0 Å². The maximum Gasteiger partial charge on any atom is 0.0990 e. The first kappa shape index (κ1) is 28.1. The Balaban J connectivity index is 1.87. The van der Waals surface area contributed by atoms with Gasteiger partial charge in [-0.1, -0.05) is 70.4 Å². The largest absolute Gasteiger partial charge is 0.357 e. The van der Waals surface area contributed by atoms with Crippen LogP contribution in [0.25, 0.3) is 0 Å². The molecule has 0 saturated carbocycles. The number of hydrogen-bond donors (Lipinski definition) is 3. The molecule has 5 nitrogen and oxygen atoms in total. The van der Waals surface area contributed by atoms with E-state index in [0.29, 0.717) is 6.54 Å². The Kier molecular flexibility index (Phi) is 20.2. The van der Waals surface area contributed by atoms with Gasteiger partial charge in [-0.15, -0.1) is 0 Å². The molecule has 1 rings (SSSR count). The van der Waals surface area contributed by atoms with Crippen LogP contribution in [0.3, 0.4) is 0 Å². The van der Waals surface area contributed by atoms with Gasteiger partial charge in [0.1, 0.15) is 0 Å². The molecule has 0 aromatic rings. The fraction of sp³-hybridized carbons (Fsp3) is 0.885. The summed E-state index contributed by atoms with van der Waals surface area (Å²) >= 11 is 0. The summed E-state index contributed by atoms with van der Waals surface area (Å²) in [4.78, 5) is 7.22. The van der Waals surface area contributed by atoms with Crippen molar-refractivity contribution in [2.24, 2.45) is 10.7 Å². The summed E-state index contributed by atoms with van der Waals surface area (Å²) in [7, 11) is 0. The van der Waals surface area contributed by atoms with Crippen LogP contribution in [0.1, 0.15) is 96.8 Å². The lowest BCUT2D eigenvalue weighted by atomic mass is 10.1. The molecule has 0 aliphatic carbocycles. The van der Waals surface area contributed by atoms with Crippen LogP contribution in [0, 0.1) is 0 Å². The molecule has 0 saturated heterocycles. The predicted molar refractivity (Wildman–Crippen MR) is 138 cm³/mol. The first-order chi connectivity index (χ1) is 15.4. The smallest absolute Gasteiger partial charge is 0.0990 e. The van der Waals surface area contributed by atoms with E-state index in [2.05, 4.69) is 34.6 Å². The SMILES string of the molecule is CCCCCCCC/C=C/CCCCCCCC1=NCCN1CCNCCNCCN. The molecule has 0 unspecified atom stereocenters. The molecule has 0 atom stereocenters. The van der Waals surface area contributed by atoms with E-state index in [9.17, 15) is 0 Å². The molecule has 0 bridgehead atoms. The average Bonchev–Trinajstić information content (AvgIpc) is 3.23. The number of unbranched alkanes of at least 4 members (excludes halogenated alkanes) is 11. The van der Waals surface area contributed by atoms with Crippen molar-refractivity contribution in [3.8, 4) is 0 Å². The van der Waals surface area contributed by atoms with Crippen molar-refractivity contribution in [2.45, 2.75) is 96.8 Å². The second-order valence-electron chi connectivity index (χ2n) is 8.91. The Morgan fingerprint density at radius 3 is 2.10 bits per heavy atom. The number of amidine groups is 1. The average molecular weight is 436 g/mol. The highest BCUT2D eigenvalue weighted by Crippen LogP contribution is 2.12. The van der Waals surface area contributed by atoms with Crippen LogP contribution in [-0.2, 0) is 0 Å². The normalized spacial score (nSPS) is 14.1. The van der Waals surface area contributed by atoms with Crippen LogP contribution in [0.5, 0.6) is 0 Å². The Hall–Kier alpha value is -0.910. The van der Waals surface area contributed by atoms with Crippen molar-refractivity contribution in [3.05, 3.63) is 12.2 Å². The molecule has 5 heteroatoms. The number of rotatable bonds is 23. The minimum absolute atomic E-state index is 0.712. The fourth-order valence-corrected chi connectivity index (χ4v) is 4.10. The maximum absolute atomic E-state index is 5.48. The molecule has 0 aromatic carbocycles. The summed E-state index contributed by atoms with van der Waals surface area (Å²) in [5, 5.41) is 6.82. The molecular weight excluding hydrogens is 382 g/mol. The third-order valence-electron chi connectivity index (χ3n) is 6.05. The van der Waals surface area contributed by atoms with Crippen molar-refractivity contribution in [1.82, 2.24) is 15.5 Å². The lowest BCUT2D eigenvalue weighted by Crippen LogP contribution is -2.37. The molecule has 31 heavy (non-hydrogen) atoms. The lowest BCUT2D eigenvalue weighted by molar-refractivity contribution is 0.433. The minimum atomic E-state index is 0.712. The molecule has 182 valence electrons. The second-order valence-corrected chi connectivity index (χ2v) is 8.91. The van der Waals surface area contributed by atoms with Gasteiger partial charge in [0, 0.05) is 52.2 Å². The Morgan fingerprint density at radius 2 is 1.42 bits per heavy atom. The lowest BCUT2D eigenvalue weighted by Gasteiger charge is -2.20. The third kappa shape index (κ3) is 17.3. The van der Waals surface area contributed by atoms with Crippen molar-refractivity contribution < 1.29 is 0 Å². The number of nitrogens with two attached hydrogens (primary N) is 1. The molecule has 4 N–H and O–H groups in total. The highest BCUT2D eigenvalue weighted by Gasteiger charge is 2.15. The Morgan fingerprint density at radius 1 is 0.806 bits per heavy atom. The van der Waals surface area contributed by atoms with Gasteiger partial charge in [-0.2, -0.15) is 0 Å². The molecule has 0 fully saturated rings. The topological polar surface area (TPSA) is 65.7 Å². The first-order valence-corrected chi connectivity index (χ1v) is 13.4. The van der Waals surface area contributed by atoms with E-state index in [1.54, 1.807) is 0 Å². The summed E-state index contributed by atoms with van der Waals surface area (Å²) in [6, 6.07) is 0. The van der Waals surface area contributed by atoms with Crippen molar-refractivity contribution >= 4 is 5.84 Å². The number of hydrogen-bond acceptors (Lipinski definition) is 5. The minimum Gasteiger partial charge on any atom is -0.357 e. The van der Waals surface area contributed by atoms with Crippen molar-refractivity contribution in [3.63, 3.8) is 0 Å². The van der Waals surface area contributed by atoms with Gasteiger partial charge in [-0.25, -0.2) is 0 Å². The van der Waals surface area contributed by atoms with E-state index in [-0.39, 0.29) is 0 Å². The molecule has 0 amide bonds. The van der Waals surface area contributed by atoms with Crippen molar-refractivity contribution in [2.75, 3.05) is 52.4 Å². The monoisotopic (exact) mass is 435 g/mol. The summed E-state index contributed by atoms with van der Waals surface area (Å²) in [6.07, 6.45) is 23.7. The zero-order valence-corrected chi connectivity index (χ0v) is 20.7. The fourth-order valence-electron chi connectivity index (χ4n) is 4.10. The van der Waals surface area contributed by atoms with Gasteiger partial charge in [0.05, 0.1) is 12.4 Å². The number of nitrogens with one attached hydrogen (secondary N) is 2. The number of aliphatic imine (C=N–C) groups is 1. The van der Waals surface area contributed by atoms with Gasteiger partial charge < -0.3 is 21.3 Å². The third-order valence-corrected chi connectivity index (χ3v) is 6.05. The van der Waals surface area contributed by atoms with E-state index < -0.39 is 0 Å². The van der Waals surface area contributed by atoms with E-state index in [1.165, 1.54) is 89.3 Å². The number of allylic oxidation sites excluding steroid dienone is 2. The molecular formula is C26H53N5. The maximum atomic E-state index is 5.48. The van der Waals surface area contributed by atoms with Crippen LogP contribution in [0.15, 0.2) is 17.1 Å². The summed E-state index contributed by atoms with van der Waals surface area (Å²) in [5.74, 6) is 1.35. The summed E-state index contributed by atoms with van der Waals surface area (Å²) in [6.45, 7) is 10.1. The van der Waals surface area contributed by atoms with Crippen LogP contribution in [0.4, 0.5) is 0 Å². The quantitative estimate of drug-likeness (QED) is 0.158. The van der Waals surface area contributed by atoms with Crippen LogP contribution < -0.4 is 16.4 Å². The van der Waals surface area contributed by atoms with E-state index in [0.717, 1.165) is 52.2 Å². The van der Waals surface area contributed by atoms with E-state index in [1.807, 2.05) is 0 Å². The zero-order valence-electron chi connectivity index (χ0n) is 20.7. The summed E-state index contributed by atoms with van der Waals surface area (Å²) < 4.78 is 0. The predicted octanol–water partition coefficient (Wildman–Crippen LogP) is 4.88. The molecule has 0 spiro atoms. The number of nitrogens with zero attached hydrogens (tertiary/aromatic N) is 2. The molecule has 0 radical (unpaired) electrons. The first-order valence-electron chi connectivity index (χ1n) is 13.4. The molecule has 1 heterocycles. The van der Waals surface area contributed by atoms with Gasteiger partial charge in [0.25, 0.3) is 0 Å². The highest BCUT2D eigenvalue weighted by molar-refractivity contribution is 5.83. The van der Waals surface area contributed by atoms with E-state index >= 15 is 0 Å². The van der Waals surface area contributed by atoms with Gasteiger partial charge >= 0.3 is 0 Å².